The maximum atomic E-state index is 12.8. The molecule has 120 valence electrons. The molecule has 24 heavy (non-hydrogen) atoms. The lowest BCUT2D eigenvalue weighted by Gasteiger charge is -2.28. The van der Waals surface area contributed by atoms with Crippen molar-refractivity contribution < 1.29 is 14.8 Å². The molecule has 4 rings (SSSR count). The molecule has 1 atom stereocenters. The monoisotopic (exact) mass is 322 g/mol. The molecule has 7 heteroatoms. The van der Waals surface area contributed by atoms with Crippen LogP contribution in [0.4, 0.5) is 10.5 Å². The number of carbonyl (C=O) groups is 2. The standard InChI is InChI=1S/C17H12N3O4/c21-16-12-7-2-1-6-11(12)15-13(16)14(18-17(22)19-15)9-4-3-5-10(8-9)20(23)24/h1-8,14,23H,(H2,18,19,22)/q-1/t14-/m0/s1. The topological polar surface area (TPSA) is 105 Å². The maximum Gasteiger partial charge on any atom is 0.320 e. The highest BCUT2D eigenvalue weighted by atomic mass is 16.8. The van der Waals surface area contributed by atoms with Gasteiger partial charge in [-0.1, -0.05) is 36.4 Å². The first-order chi connectivity index (χ1) is 11.6. The zero-order valence-electron chi connectivity index (χ0n) is 12.3. The van der Waals surface area contributed by atoms with E-state index in [1.807, 2.05) is 0 Å². The molecule has 3 N–H and O–H groups in total. The van der Waals surface area contributed by atoms with E-state index < -0.39 is 12.1 Å². The molecule has 1 aliphatic heterocycles. The van der Waals surface area contributed by atoms with Gasteiger partial charge in [0, 0.05) is 11.1 Å². The minimum Gasteiger partial charge on any atom is -0.733 e. The number of urea groups is 1. The molecule has 2 amide bonds. The van der Waals surface area contributed by atoms with Crippen LogP contribution < -0.4 is 15.9 Å². The average molecular weight is 322 g/mol. The first-order valence-electron chi connectivity index (χ1n) is 7.28. The summed E-state index contributed by atoms with van der Waals surface area (Å²) in [6.07, 6.45) is 0. The number of carbonyl (C=O) groups excluding carboxylic acids is 2. The molecule has 1 aliphatic carbocycles. The number of rotatable bonds is 2. The smallest absolute Gasteiger partial charge is 0.320 e. The Morgan fingerprint density at radius 3 is 2.54 bits per heavy atom. The lowest BCUT2D eigenvalue weighted by Crippen LogP contribution is -2.43. The lowest BCUT2D eigenvalue weighted by atomic mass is 9.94. The van der Waals surface area contributed by atoms with Crippen molar-refractivity contribution in [3.05, 3.63) is 76.0 Å². The van der Waals surface area contributed by atoms with Crippen molar-refractivity contribution in [1.82, 2.24) is 10.6 Å². The Morgan fingerprint density at radius 2 is 1.79 bits per heavy atom. The second-order valence-electron chi connectivity index (χ2n) is 5.56. The Balaban J connectivity index is 1.86. The fourth-order valence-electron chi connectivity index (χ4n) is 3.14. The molecular weight excluding hydrogens is 310 g/mol. The molecule has 0 unspecified atom stereocenters. The number of benzene rings is 2. The van der Waals surface area contributed by atoms with Gasteiger partial charge in [-0.15, -0.1) is 0 Å². The first kappa shape index (κ1) is 14.4. The van der Waals surface area contributed by atoms with Crippen molar-refractivity contribution in [2.45, 2.75) is 6.04 Å². The largest absolute Gasteiger partial charge is 0.733 e. The molecule has 0 spiro atoms. The van der Waals surface area contributed by atoms with Crippen molar-refractivity contribution in [1.29, 1.82) is 0 Å². The van der Waals surface area contributed by atoms with E-state index in [2.05, 4.69) is 10.6 Å². The van der Waals surface area contributed by atoms with Crippen LogP contribution in [0.15, 0.2) is 54.1 Å². The molecular formula is C17H12N3O4-. The Labute approximate surface area is 136 Å². The number of amides is 2. The minimum atomic E-state index is -0.700. The quantitative estimate of drug-likeness (QED) is 0.736. The molecule has 0 fully saturated rings. The maximum absolute atomic E-state index is 12.8. The van der Waals surface area contributed by atoms with Crippen LogP contribution >= 0.6 is 0 Å². The van der Waals surface area contributed by atoms with Gasteiger partial charge >= 0.3 is 6.03 Å². The number of fused-ring (bicyclic) bond motifs is 2. The van der Waals surface area contributed by atoms with Gasteiger partial charge in [0.2, 0.25) is 0 Å². The van der Waals surface area contributed by atoms with Gasteiger partial charge in [0.25, 0.3) is 0 Å². The molecule has 0 saturated heterocycles. The summed E-state index contributed by atoms with van der Waals surface area (Å²) in [6.45, 7) is 0. The van der Waals surface area contributed by atoms with E-state index in [-0.39, 0.29) is 16.7 Å². The predicted molar refractivity (Wildman–Crippen MR) is 86.2 cm³/mol. The fourth-order valence-corrected chi connectivity index (χ4v) is 3.14. The molecule has 2 aromatic rings. The van der Waals surface area contributed by atoms with E-state index in [4.69, 9.17) is 5.21 Å². The second-order valence-corrected chi connectivity index (χ2v) is 5.56. The summed E-state index contributed by atoms with van der Waals surface area (Å²) in [5.74, 6) is -0.175. The minimum absolute atomic E-state index is 0.0189. The van der Waals surface area contributed by atoms with E-state index in [0.29, 0.717) is 28.0 Å². The molecule has 0 saturated carbocycles. The number of ketones is 1. The Bertz CT molecular complexity index is 904. The van der Waals surface area contributed by atoms with Gasteiger partial charge in [0.1, 0.15) is 0 Å². The van der Waals surface area contributed by atoms with Crippen LogP contribution in [-0.2, 0) is 0 Å². The second kappa shape index (κ2) is 5.19. The summed E-state index contributed by atoms with van der Waals surface area (Å²) < 4.78 is 0. The normalized spacial score (nSPS) is 18.7. The highest BCUT2D eigenvalue weighted by molar-refractivity contribution is 6.23. The summed E-state index contributed by atoms with van der Waals surface area (Å²) in [4.78, 5) is 24.8. The number of nitrogens with zero attached hydrogens (tertiary/aromatic N) is 1. The van der Waals surface area contributed by atoms with Crippen LogP contribution in [0, 0.1) is 5.21 Å². The van der Waals surface area contributed by atoms with Crippen LogP contribution in [-0.4, -0.2) is 17.0 Å². The van der Waals surface area contributed by atoms with E-state index in [1.165, 1.54) is 12.1 Å². The van der Waals surface area contributed by atoms with E-state index >= 15 is 0 Å². The number of Topliss-reactive ketones (excluding diaryl/α,β-unsaturated/α-hetero) is 1. The van der Waals surface area contributed by atoms with Gasteiger partial charge in [-0.3, -0.25) is 10.0 Å². The predicted octanol–water partition coefficient (Wildman–Crippen LogP) is 2.34. The van der Waals surface area contributed by atoms with Crippen LogP contribution in [0.1, 0.15) is 27.5 Å². The number of anilines is 1. The molecule has 2 aromatic carbocycles. The zero-order valence-corrected chi connectivity index (χ0v) is 12.3. The van der Waals surface area contributed by atoms with Crippen molar-refractivity contribution in [2.75, 3.05) is 5.23 Å². The highest BCUT2D eigenvalue weighted by Crippen LogP contribution is 2.40. The molecule has 0 radical (unpaired) electrons. The third kappa shape index (κ3) is 2.07. The summed E-state index contributed by atoms with van der Waals surface area (Å²) in [5, 5.41) is 25.3. The Morgan fingerprint density at radius 1 is 1.04 bits per heavy atom. The van der Waals surface area contributed by atoms with Crippen molar-refractivity contribution in [3.63, 3.8) is 0 Å². The van der Waals surface area contributed by atoms with Crippen LogP contribution in [0.2, 0.25) is 0 Å². The van der Waals surface area contributed by atoms with Crippen molar-refractivity contribution in [3.8, 4) is 0 Å². The third-order valence-electron chi connectivity index (χ3n) is 4.18. The average Bonchev–Trinajstić information content (AvgIpc) is 2.87. The summed E-state index contributed by atoms with van der Waals surface area (Å²) in [7, 11) is 0. The Kier molecular flexibility index (Phi) is 3.12. The van der Waals surface area contributed by atoms with Gasteiger partial charge in [-0.05, 0) is 17.7 Å². The summed E-state index contributed by atoms with van der Waals surface area (Å²) in [6, 6.07) is 12.0. The number of nitrogens with one attached hydrogen (secondary N) is 2. The van der Waals surface area contributed by atoms with Crippen molar-refractivity contribution in [2.24, 2.45) is 0 Å². The van der Waals surface area contributed by atoms with Gasteiger partial charge in [-0.2, -0.15) is 0 Å². The lowest BCUT2D eigenvalue weighted by molar-refractivity contribution is 0.103. The van der Waals surface area contributed by atoms with Gasteiger partial charge in [0.15, 0.2) is 5.78 Å². The fraction of sp³-hybridized carbons (Fsp3) is 0.0588. The SMILES string of the molecule is O=C1NC2=C(C(=O)c3ccccc32)[C@H](c2cccc(N([O-])O)c2)N1. The van der Waals surface area contributed by atoms with Crippen LogP contribution in [0.5, 0.6) is 0 Å². The van der Waals surface area contributed by atoms with E-state index in [1.54, 1.807) is 36.4 Å². The van der Waals surface area contributed by atoms with Gasteiger partial charge < -0.3 is 21.1 Å². The number of hydrogen-bond donors (Lipinski definition) is 3. The zero-order chi connectivity index (χ0) is 16.8. The van der Waals surface area contributed by atoms with E-state index in [0.717, 1.165) is 0 Å². The molecule has 0 aromatic heterocycles. The third-order valence-corrected chi connectivity index (χ3v) is 4.18. The molecule has 2 aliphatic rings. The summed E-state index contributed by atoms with van der Waals surface area (Å²) >= 11 is 0. The molecule has 0 bridgehead atoms. The first-order valence-corrected chi connectivity index (χ1v) is 7.28. The van der Waals surface area contributed by atoms with Gasteiger partial charge in [0.05, 0.1) is 23.0 Å². The molecule has 1 heterocycles. The van der Waals surface area contributed by atoms with Gasteiger partial charge in [-0.25, -0.2) is 4.79 Å². The molecule has 7 nitrogen and oxygen atoms in total. The van der Waals surface area contributed by atoms with E-state index in [9.17, 15) is 14.8 Å². The van der Waals surface area contributed by atoms with Crippen LogP contribution in [0.25, 0.3) is 5.70 Å². The summed E-state index contributed by atoms with van der Waals surface area (Å²) in [5.41, 5.74) is 2.67. The van der Waals surface area contributed by atoms with Crippen molar-refractivity contribution >= 4 is 23.2 Å². The Hall–Kier alpha value is -3.16. The number of hydrogen-bond acceptors (Lipinski definition) is 5. The van der Waals surface area contributed by atoms with Crippen LogP contribution in [0.3, 0.4) is 0 Å². The highest BCUT2D eigenvalue weighted by Gasteiger charge is 2.39.